The van der Waals surface area contributed by atoms with Gasteiger partial charge in [0.15, 0.2) is 0 Å². The van der Waals surface area contributed by atoms with E-state index in [0.29, 0.717) is 17.1 Å². The van der Waals surface area contributed by atoms with Gasteiger partial charge in [-0.05, 0) is 25.1 Å². The number of fused-ring (bicyclic) bond motifs is 1. The van der Waals surface area contributed by atoms with Crippen molar-refractivity contribution in [3.63, 3.8) is 0 Å². The predicted molar refractivity (Wildman–Crippen MR) is 97.5 cm³/mol. The molecule has 1 unspecified atom stereocenters. The smallest absolute Gasteiger partial charge is 0.305 e. The molecule has 0 radical (unpaired) electrons. The number of nitrogens with one attached hydrogen (secondary N) is 1. The van der Waals surface area contributed by atoms with Crippen LogP contribution in [0.25, 0.3) is 5.78 Å². The Morgan fingerprint density at radius 1 is 1.25 bits per heavy atom. The average Bonchev–Trinajstić information content (AvgIpc) is 3.12. The molecule has 3 aromatic rings. The number of benzene rings is 1. The van der Waals surface area contributed by atoms with Crippen LogP contribution in [0.1, 0.15) is 34.3 Å². The molecule has 146 valence electrons. The van der Waals surface area contributed by atoms with Gasteiger partial charge in [-0.1, -0.05) is 0 Å². The molecule has 2 N–H and O–H groups in total. The first kappa shape index (κ1) is 19.1. The highest BCUT2D eigenvalue weighted by Crippen LogP contribution is 2.31. The van der Waals surface area contributed by atoms with Gasteiger partial charge in [-0.3, -0.25) is 9.59 Å². The van der Waals surface area contributed by atoms with Crippen LogP contribution in [-0.2, 0) is 4.79 Å². The number of carbonyl (C=O) groups excluding carboxylic acids is 1. The maximum Gasteiger partial charge on any atom is 0.305 e. The molecule has 0 saturated carbocycles. The number of aromatic nitrogens is 4. The van der Waals surface area contributed by atoms with Crippen LogP contribution in [0.5, 0.6) is 11.5 Å². The summed E-state index contributed by atoms with van der Waals surface area (Å²) in [4.78, 5) is 32.2. The van der Waals surface area contributed by atoms with Crippen molar-refractivity contribution < 1.29 is 24.2 Å². The molecule has 0 saturated heterocycles. The minimum Gasteiger partial charge on any atom is -0.497 e. The van der Waals surface area contributed by atoms with Gasteiger partial charge < -0.3 is 19.9 Å². The second-order valence-electron chi connectivity index (χ2n) is 5.97. The summed E-state index contributed by atoms with van der Waals surface area (Å²) in [5, 5.41) is 16.1. The van der Waals surface area contributed by atoms with Crippen molar-refractivity contribution in [2.45, 2.75) is 19.4 Å². The number of methoxy groups -OCH3 is 2. The van der Waals surface area contributed by atoms with E-state index in [1.54, 1.807) is 37.4 Å². The van der Waals surface area contributed by atoms with Gasteiger partial charge >= 0.3 is 5.97 Å². The molecule has 2 aromatic heterocycles. The maximum absolute atomic E-state index is 12.7. The van der Waals surface area contributed by atoms with E-state index in [-0.39, 0.29) is 18.0 Å². The van der Waals surface area contributed by atoms with Gasteiger partial charge in [0.05, 0.1) is 26.7 Å². The molecule has 3 rings (SSSR count). The summed E-state index contributed by atoms with van der Waals surface area (Å²) in [7, 11) is 2.96. The van der Waals surface area contributed by atoms with Crippen LogP contribution in [0.3, 0.4) is 0 Å². The molecule has 10 nitrogen and oxygen atoms in total. The fourth-order valence-corrected chi connectivity index (χ4v) is 2.75. The molecule has 0 fully saturated rings. The van der Waals surface area contributed by atoms with Crippen molar-refractivity contribution in [2.75, 3.05) is 14.2 Å². The molecule has 1 atom stereocenters. The second kappa shape index (κ2) is 7.91. The number of aliphatic carboxylic acids is 1. The van der Waals surface area contributed by atoms with Crippen molar-refractivity contribution in [3.8, 4) is 11.5 Å². The predicted octanol–water partition coefficient (Wildman–Crippen LogP) is 1.40. The van der Waals surface area contributed by atoms with Crippen molar-refractivity contribution in [3.05, 3.63) is 47.5 Å². The standard InChI is InChI=1S/C18H19N5O5/c1-10-6-7-19-18-21-16(22-23(10)18)17(26)20-13(9-15(24)25)12-5-4-11(27-2)8-14(12)28-3/h4-8,13H,9H2,1-3H3,(H,20,26)(H,24,25). The summed E-state index contributed by atoms with van der Waals surface area (Å²) < 4.78 is 11.9. The van der Waals surface area contributed by atoms with Crippen LogP contribution in [0.4, 0.5) is 0 Å². The summed E-state index contributed by atoms with van der Waals surface area (Å²) in [6.45, 7) is 1.81. The SMILES string of the molecule is COc1ccc(C(CC(=O)O)NC(=O)c2nc3nccc(C)n3n2)c(OC)c1. The molecule has 2 heterocycles. The zero-order valence-electron chi connectivity index (χ0n) is 15.5. The van der Waals surface area contributed by atoms with Crippen LogP contribution in [0.2, 0.25) is 0 Å². The summed E-state index contributed by atoms with van der Waals surface area (Å²) in [6, 6.07) is 5.81. The Bertz CT molecular complexity index is 1030. The first-order chi connectivity index (χ1) is 13.4. The first-order valence-corrected chi connectivity index (χ1v) is 8.36. The molecular formula is C18H19N5O5. The third kappa shape index (κ3) is 3.85. The lowest BCUT2D eigenvalue weighted by molar-refractivity contribution is -0.137. The molecule has 0 aliphatic heterocycles. The van der Waals surface area contributed by atoms with Crippen LogP contribution < -0.4 is 14.8 Å². The Labute approximate surface area is 160 Å². The summed E-state index contributed by atoms with van der Waals surface area (Å²) in [5.41, 5.74) is 1.26. The van der Waals surface area contributed by atoms with Gasteiger partial charge in [0, 0.05) is 23.5 Å². The van der Waals surface area contributed by atoms with Crippen molar-refractivity contribution in [1.29, 1.82) is 0 Å². The fraction of sp³-hybridized carbons (Fsp3) is 0.278. The Hall–Kier alpha value is -3.69. The molecule has 1 amide bonds. The molecule has 0 bridgehead atoms. The van der Waals surface area contributed by atoms with Crippen molar-refractivity contribution in [1.82, 2.24) is 24.9 Å². The van der Waals surface area contributed by atoms with E-state index in [0.717, 1.165) is 5.69 Å². The van der Waals surface area contributed by atoms with Gasteiger partial charge in [-0.25, -0.2) is 9.50 Å². The number of hydrogen-bond donors (Lipinski definition) is 2. The number of amides is 1. The van der Waals surface area contributed by atoms with Crippen LogP contribution in [0.15, 0.2) is 30.5 Å². The quantitative estimate of drug-likeness (QED) is 0.624. The van der Waals surface area contributed by atoms with Crippen molar-refractivity contribution >= 4 is 17.7 Å². The fourth-order valence-electron chi connectivity index (χ4n) is 2.75. The molecule has 0 aliphatic carbocycles. The number of nitrogens with zero attached hydrogens (tertiary/aromatic N) is 4. The molecule has 0 aliphatic rings. The Kier molecular flexibility index (Phi) is 5.39. The van der Waals surface area contributed by atoms with Gasteiger partial charge in [-0.2, -0.15) is 4.98 Å². The number of ether oxygens (including phenoxy) is 2. The van der Waals surface area contributed by atoms with E-state index < -0.39 is 17.9 Å². The first-order valence-electron chi connectivity index (χ1n) is 8.36. The number of aryl methyl sites for hydroxylation is 1. The monoisotopic (exact) mass is 385 g/mol. The Balaban J connectivity index is 1.93. The number of carbonyl (C=O) groups is 2. The summed E-state index contributed by atoms with van der Waals surface area (Å²) in [5.74, 6) is -0.583. The topological polar surface area (TPSA) is 128 Å². The lowest BCUT2D eigenvalue weighted by atomic mass is 10.0. The highest BCUT2D eigenvalue weighted by Gasteiger charge is 2.24. The number of carboxylic acid groups (broad SMARTS) is 1. The normalized spacial score (nSPS) is 11.8. The molecule has 10 heteroatoms. The van der Waals surface area contributed by atoms with Crippen molar-refractivity contribution in [2.24, 2.45) is 0 Å². The van der Waals surface area contributed by atoms with E-state index >= 15 is 0 Å². The van der Waals surface area contributed by atoms with E-state index in [1.807, 2.05) is 0 Å². The zero-order chi connectivity index (χ0) is 20.3. The lowest BCUT2D eigenvalue weighted by Crippen LogP contribution is -2.31. The molecule has 0 spiro atoms. The molecular weight excluding hydrogens is 366 g/mol. The van der Waals surface area contributed by atoms with Crippen LogP contribution >= 0.6 is 0 Å². The van der Waals surface area contributed by atoms with E-state index in [9.17, 15) is 14.7 Å². The molecule has 1 aromatic carbocycles. The number of hydrogen-bond acceptors (Lipinski definition) is 7. The maximum atomic E-state index is 12.7. The van der Waals surface area contributed by atoms with E-state index in [2.05, 4.69) is 20.4 Å². The second-order valence-corrected chi connectivity index (χ2v) is 5.97. The number of rotatable bonds is 7. The van der Waals surface area contributed by atoms with Gasteiger partial charge in [-0.15, -0.1) is 5.10 Å². The molecule has 28 heavy (non-hydrogen) atoms. The third-order valence-electron chi connectivity index (χ3n) is 4.13. The highest BCUT2D eigenvalue weighted by atomic mass is 16.5. The summed E-state index contributed by atoms with van der Waals surface area (Å²) in [6.07, 6.45) is 1.22. The van der Waals surface area contributed by atoms with Gasteiger partial charge in [0.25, 0.3) is 11.7 Å². The van der Waals surface area contributed by atoms with Gasteiger partial charge in [0.2, 0.25) is 5.82 Å². The van der Waals surface area contributed by atoms with E-state index in [1.165, 1.54) is 18.7 Å². The van der Waals surface area contributed by atoms with Gasteiger partial charge in [0.1, 0.15) is 11.5 Å². The largest absolute Gasteiger partial charge is 0.497 e. The van der Waals surface area contributed by atoms with Crippen LogP contribution in [-0.4, -0.2) is 50.8 Å². The lowest BCUT2D eigenvalue weighted by Gasteiger charge is -2.19. The van der Waals surface area contributed by atoms with E-state index in [4.69, 9.17) is 9.47 Å². The average molecular weight is 385 g/mol. The minimum absolute atomic E-state index is 0.107. The minimum atomic E-state index is -1.08. The third-order valence-corrected chi connectivity index (χ3v) is 4.13. The van der Waals surface area contributed by atoms with Crippen LogP contribution in [0, 0.1) is 6.92 Å². The highest BCUT2D eigenvalue weighted by molar-refractivity contribution is 5.91. The summed E-state index contributed by atoms with van der Waals surface area (Å²) >= 11 is 0. The Morgan fingerprint density at radius 3 is 2.68 bits per heavy atom. The number of carboxylic acids is 1. The Morgan fingerprint density at radius 2 is 2.04 bits per heavy atom. The zero-order valence-corrected chi connectivity index (χ0v) is 15.5.